The fourth-order valence-corrected chi connectivity index (χ4v) is 1.95. The lowest BCUT2D eigenvalue weighted by atomic mass is 10.2. The average Bonchev–Trinajstić information content (AvgIpc) is 2.41. The third-order valence-electron chi connectivity index (χ3n) is 2.61. The van der Waals surface area contributed by atoms with Crippen molar-refractivity contribution in [2.75, 3.05) is 10.6 Å². The lowest BCUT2D eigenvalue weighted by molar-refractivity contribution is -0.114. The van der Waals surface area contributed by atoms with Gasteiger partial charge in [0.25, 0.3) is 0 Å². The van der Waals surface area contributed by atoms with Crippen molar-refractivity contribution in [2.45, 2.75) is 6.92 Å². The van der Waals surface area contributed by atoms with Gasteiger partial charge >= 0.3 is 0 Å². The van der Waals surface area contributed by atoms with E-state index in [2.05, 4.69) is 16.7 Å². The molecule has 0 saturated heterocycles. The van der Waals surface area contributed by atoms with E-state index in [1.165, 1.54) is 6.92 Å². The van der Waals surface area contributed by atoms with Crippen molar-refractivity contribution in [2.24, 2.45) is 0 Å². The smallest absolute Gasteiger partial charge is 0.221 e. The predicted octanol–water partition coefficient (Wildman–Crippen LogP) is 3.91. The first-order valence-corrected chi connectivity index (χ1v) is 6.31. The van der Waals surface area contributed by atoms with Crippen molar-refractivity contribution >= 4 is 34.6 Å². The summed E-state index contributed by atoms with van der Waals surface area (Å²) in [5, 5.41) is 15.3. The van der Waals surface area contributed by atoms with E-state index < -0.39 is 0 Å². The van der Waals surface area contributed by atoms with Crippen molar-refractivity contribution in [3.63, 3.8) is 0 Å². The Labute approximate surface area is 122 Å². The Hall–Kier alpha value is -2.51. The standard InChI is InChI=1S/C15H12ClN3O/c1-10(20)18-11-5-7-12(8-6-11)19-15-4-2-3-14(16)13(15)9-17/h2-8,19H,1H3,(H,18,20). The molecule has 2 aromatic carbocycles. The van der Waals surface area contributed by atoms with E-state index >= 15 is 0 Å². The molecule has 0 aliphatic heterocycles. The fraction of sp³-hybridized carbons (Fsp3) is 0.0667. The van der Waals surface area contributed by atoms with Crippen LogP contribution in [0.5, 0.6) is 0 Å². The van der Waals surface area contributed by atoms with Crippen LogP contribution in [0.15, 0.2) is 42.5 Å². The van der Waals surface area contributed by atoms with Crippen LogP contribution in [0.25, 0.3) is 0 Å². The maximum atomic E-state index is 10.9. The van der Waals surface area contributed by atoms with Crippen molar-refractivity contribution in [1.29, 1.82) is 5.26 Å². The number of hydrogen-bond acceptors (Lipinski definition) is 3. The van der Waals surface area contributed by atoms with Gasteiger partial charge in [-0.3, -0.25) is 4.79 Å². The summed E-state index contributed by atoms with van der Waals surface area (Å²) >= 11 is 5.97. The zero-order chi connectivity index (χ0) is 14.5. The number of carbonyl (C=O) groups is 1. The van der Waals surface area contributed by atoms with Gasteiger partial charge in [0, 0.05) is 18.3 Å². The molecule has 0 spiro atoms. The van der Waals surface area contributed by atoms with Crippen LogP contribution in [0.4, 0.5) is 17.1 Å². The van der Waals surface area contributed by atoms with E-state index in [1.807, 2.05) is 12.1 Å². The third kappa shape index (κ3) is 3.28. The number of amides is 1. The Morgan fingerprint density at radius 1 is 1.15 bits per heavy atom. The maximum absolute atomic E-state index is 10.9. The average molecular weight is 286 g/mol. The molecule has 0 aliphatic carbocycles. The van der Waals surface area contributed by atoms with E-state index in [4.69, 9.17) is 16.9 Å². The van der Waals surface area contributed by atoms with Gasteiger partial charge < -0.3 is 10.6 Å². The summed E-state index contributed by atoms with van der Waals surface area (Å²) in [6.07, 6.45) is 0. The topological polar surface area (TPSA) is 64.9 Å². The molecule has 2 aromatic rings. The van der Waals surface area contributed by atoms with Gasteiger partial charge in [-0.1, -0.05) is 17.7 Å². The number of hydrogen-bond donors (Lipinski definition) is 2. The Kier molecular flexibility index (Phi) is 4.24. The van der Waals surface area contributed by atoms with Crippen LogP contribution in [0.1, 0.15) is 12.5 Å². The second-order valence-electron chi connectivity index (χ2n) is 4.16. The summed E-state index contributed by atoms with van der Waals surface area (Å²) in [5.41, 5.74) is 2.57. The van der Waals surface area contributed by atoms with Crippen molar-refractivity contribution in [3.8, 4) is 6.07 Å². The van der Waals surface area contributed by atoms with Gasteiger partial charge in [0.15, 0.2) is 0 Å². The molecule has 0 aromatic heterocycles. The summed E-state index contributed by atoms with van der Waals surface area (Å²) < 4.78 is 0. The van der Waals surface area contributed by atoms with Crippen molar-refractivity contribution in [3.05, 3.63) is 53.1 Å². The van der Waals surface area contributed by atoms with Crippen LogP contribution in [-0.2, 0) is 4.79 Å². The molecule has 20 heavy (non-hydrogen) atoms. The number of halogens is 1. The van der Waals surface area contributed by atoms with Gasteiger partial charge in [-0.05, 0) is 36.4 Å². The number of rotatable bonds is 3. The number of nitriles is 1. The first-order chi connectivity index (χ1) is 9.60. The molecule has 0 bridgehead atoms. The lowest BCUT2D eigenvalue weighted by Gasteiger charge is -2.10. The van der Waals surface area contributed by atoms with E-state index in [-0.39, 0.29) is 5.91 Å². The molecule has 0 saturated carbocycles. The molecular weight excluding hydrogens is 274 g/mol. The van der Waals surface area contributed by atoms with Crippen LogP contribution in [0, 0.1) is 11.3 Å². The number of anilines is 3. The minimum absolute atomic E-state index is 0.118. The second kappa shape index (κ2) is 6.09. The highest BCUT2D eigenvalue weighted by atomic mass is 35.5. The molecule has 0 radical (unpaired) electrons. The zero-order valence-corrected chi connectivity index (χ0v) is 11.5. The number of benzene rings is 2. The van der Waals surface area contributed by atoms with E-state index in [9.17, 15) is 4.79 Å². The number of nitrogens with zero attached hydrogens (tertiary/aromatic N) is 1. The van der Waals surface area contributed by atoms with Gasteiger partial charge in [-0.25, -0.2) is 0 Å². The molecule has 0 heterocycles. The van der Waals surface area contributed by atoms with E-state index in [0.29, 0.717) is 16.3 Å². The quantitative estimate of drug-likeness (QED) is 0.898. The van der Waals surface area contributed by atoms with Gasteiger partial charge in [-0.15, -0.1) is 0 Å². The SMILES string of the molecule is CC(=O)Nc1ccc(Nc2cccc(Cl)c2C#N)cc1. The van der Waals surface area contributed by atoms with Crippen LogP contribution >= 0.6 is 11.6 Å². The number of nitrogens with one attached hydrogen (secondary N) is 2. The maximum Gasteiger partial charge on any atom is 0.221 e. The van der Waals surface area contributed by atoms with E-state index in [1.54, 1.807) is 30.3 Å². The summed E-state index contributed by atoms with van der Waals surface area (Å²) in [5.74, 6) is -0.118. The van der Waals surface area contributed by atoms with Crippen LogP contribution in [-0.4, -0.2) is 5.91 Å². The predicted molar refractivity (Wildman–Crippen MR) is 80.2 cm³/mol. The Bertz CT molecular complexity index is 675. The summed E-state index contributed by atoms with van der Waals surface area (Å²) in [6, 6.07) is 14.5. The summed E-state index contributed by atoms with van der Waals surface area (Å²) in [4.78, 5) is 10.9. The third-order valence-corrected chi connectivity index (χ3v) is 2.92. The van der Waals surface area contributed by atoms with Crippen LogP contribution < -0.4 is 10.6 Å². The first kappa shape index (κ1) is 13.9. The monoisotopic (exact) mass is 285 g/mol. The number of carbonyl (C=O) groups excluding carboxylic acids is 1. The van der Waals surface area contributed by atoms with Crippen molar-refractivity contribution < 1.29 is 4.79 Å². The van der Waals surface area contributed by atoms with Gasteiger partial charge in [0.05, 0.1) is 16.3 Å². The molecule has 5 heteroatoms. The Morgan fingerprint density at radius 2 is 1.80 bits per heavy atom. The fourth-order valence-electron chi connectivity index (χ4n) is 1.74. The minimum Gasteiger partial charge on any atom is -0.354 e. The molecule has 1 amide bonds. The summed E-state index contributed by atoms with van der Waals surface area (Å²) in [6.45, 7) is 1.46. The summed E-state index contributed by atoms with van der Waals surface area (Å²) in [7, 11) is 0. The molecule has 4 nitrogen and oxygen atoms in total. The lowest BCUT2D eigenvalue weighted by Crippen LogP contribution is -2.05. The zero-order valence-electron chi connectivity index (χ0n) is 10.8. The molecule has 2 rings (SSSR count). The highest BCUT2D eigenvalue weighted by Gasteiger charge is 2.06. The van der Waals surface area contributed by atoms with Crippen LogP contribution in [0.2, 0.25) is 5.02 Å². The van der Waals surface area contributed by atoms with Gasteiger partial charge in [0.2, 0.25) is 5.91 Å². The van der Waals surface area contributed by atoms with Crippen LogP contribution in [0.3, 0.4) is 0 Å². The van der Waals surface area contributed by atoms with E-state index in [0.717, 1.165) is 11.4 Å². The van der Waals surface area contributed by atoms with Crippen molar-refractivity contribution in [1.82, 2.24) is 0 Å². The molecule has 0 atom stereocenters. The second-order valence-corrected chi connectivity index (χ2v) is 4.56. The molecule has 0 aliphatic rings. The molecule has 0 fully saturated rings. The largest absolute Gasteiger partial charge is 0.354 e. The molecular formula is C15H12ClN3O. The molecule has 100 valence electrons. The Balaban J connectivity index is 2.21. The highest BCUT2D eigenvalue weighted by Crippen LogP contribution is 2.26. The minimum atomic E-state index is -0.118. The Morgan fingerprint density at radius 3 is 2.40 bits per heavy atom. The molecule has 2 N–H and O–H groups in total. The first-order valence-electron chi connectivity index (χ1n) is 5.93. The highest BCUT2D eigenvalue weighted by molar-refractivity contribution is 6.32. The normalized spacial score (nSPS) is 9.65. The van der Waals surface area contributed by atoms with Gasteiger partial charge in [-0.2, -0.15) is 5.26 Å². The molecule has 0 unspecified atom stereocenters. The van der Waals surface area contributed by atoms with Gasteiger partial charge in [0.1, 0.15) is 6.07 Å².